The first kappa shape index (κ1) is 43.3. The highest BCUT2D eigenvalue weighted by Crippen LogP contribution is 2.64. The monoisotopic (exact) mass is 798 g/mol. The molecule has 50 heavy (non-hydrogen) atoms. The molecule has 0 spiro atoms. The van der Waals surface area contributed by atoms with Gasteiger partial charge in [-0.2, -0.15) is 87.8 Å². The molecule has 0 aliphatic carbocycles. The fraction of sp³-hybridized carbons (Fsp3) is 0.696. The summed E-state index contributed by atoms with van der Waals surface area (Å²) in [6.07, 6.45) is -18.9. The number of halogens is 20. The van der Waals surface area contributed by atoms with Gasteiger partial charge >= 0.3 is 53.8 Å². The Hall–Kier alpha value is -2.84. The second-order valence-corrected chi connectivity index (χ2v) is 12.1. The van der Waals surface area contributed by atoms with E-state index in [2.05, 4.69) is 5.32 Å². The SMILES string of the molecule is O=C(NS(=O)(=O)c1ccc(C(F)(F)F)cc1)[C@@H]1C[C@@H](OCCCC(F)(F)C(F)(F)C(F)(F)C(F)(F)C(F)(F)C(F)(F)C(F)(F)C(F)(F)F)CN1. The van der Waals surface area contributed by atoms with Crippen LogP contribution in [0.3, 0.4) is 0 Å². The van der Waals surface area contributed by atoms with Crippen LogP contribution in [0.25, 0.3) is 0 Å². The molecule has 6 nitrogen and oxygen atoms in total. The quantitative estimate of drug-likeness (QED) is 0.156. The van der Waals surface area contributed by atoms with Gasteiger partial charge < -0.3 is 10.1 Å². The van der Waals surface area contributed by atoms with Crippen molar-refractivity contribution in [2.75, 3.05) is 13.2 Å². The van der Waals surface area contributed by atoms with Crippen LogP contribution in [0, 0.1) is 0 Å². The lowest BCUT2D eigenvalue weighted by Crippen LogP contribution is -2.74. The van der Waals surface area contributed by atoms with Gasteiger partial charge in [0.2, 0.25) is 0 Å². The minimum atomic E-state index is -8.74. The van der Waals surface area contributed by atoms with Crippen LogP contribution in [0.1, 0.15) is 24.8 Å². The number of amides is 1. The number of alkyl halides is 20. The van der Waals surface area contributed by atoms with E-state index in [1.807, 2.05) is 0 Å². The van der Waals surface area contributed by atoms with E-state index >= 15 is 0 Å². The molecule has 2 atom stereocenters. The Balaban J connectivity index is 2.05. The van der Waals surface area contributed by atoms with Crippen molar-refractivity contribution in [1.29, 1.82) is 0 Å². The largest absolute Gasteiger partial charge is 0.460 e. The molecule has 1 aliphatic heterocycles. The third-order valence-electron chi connectivity index (χ3n) is 6.91. The minimum absolute atomic E-state index is 0.371. The molecule has 27 heteroatoms. The van der Waals surface area contributed by atoms with E-state index in [4.69, 9.17) is 4.74 Å². The Labute approximate surface area is 265 Å². The molecule has 0 aromatic heterocycles. The number of ether oxygens (including phenoxy) is 1. The Morgan fingerprint density at radius 3 is 1.58 bits per heavy atom. The van der Waals surface area contributed by atoms with Crippen LogP contribution in [0.2, 0.25) is 0 Å². The topological polar surface area (TPSA) is 84.5 Å². The van der Waals surface area contributed by atoms with Crippen molar-refractivity contribution < 1.29 is 106 Å². The molecule has 1 fully saturated rings. The maximum atomic E-state index is 14.0. The number of benzene rings is 1. The van der Waals surface area contributed by atoms with Crippen LogP contribution in [0.4, 0.5) is 87.8 Å². The summed E-state index contributed by atoms with van der Waals surface area (Å²) in [6, 6.07) is 0.235. The van der Waals surface area contributed by atoms with Gasteiger partial charge in [-0.1, -0.05) is 0 Å². The molecule has 0 bridgehead atoms. The molecule has 0 saturated carbocycles. The van der Waals surface area contributed by atoms with E-state index in [1.54, 1.807) is 0 Å². The number of sulfonamides is 1. The van der Waals surface area contributed by atoms with Gasteiger partial charge in [0.05, 0.1) is 22.6 Å². The molecule has 1 saturated heterocycles. The summed E-state index contributed by atoms with van der Waals surface area (Å²) >= 11 is 0. The fourth-order valence-corrected chi connectivity index (χ4v) is 5.03. The smallest absolute Gasteiger partial charge is 0.377 e. The number of rotatable bonds is 14. The second-order valence-electron chi connectivity index (χ2n) is 10.4. The van der Waals surface area contributed by atoms with Gasteiger partial charge in [0.1, 0.15) is 0 Å². The standard InChI is InChI=1S/C23H18F20N2O4S/c24-15(25,17(29,30)18(31,32)19(33,34)20(35,36)21(37,38)22(39,40)23(41,42)43)6-1-7-49-11-8-13(44-9-11)14(46)45-50(47,48)12-4-2-10(3-5-12)16(26,27)28/h2-5,11,13,44H,1,6-9H2,(H,45,46)/t11-,13+/m1/s1. The van der Waals surface area contributed by atoms with Crippen molar-refractivity contribution in [2.45, 2.75) is 90.1 Å². The normalized spacial score (nSPS) is 19.5. The van der Waals surface area contributed by atoms with Gasteiger partial charge in [-0.05, 0) is 37.1 Å². The molecule has 0 unspecified atom stereocenters. The first-order chi connectivity index (χ1) is 22.0. The van der Waals surface area contributed by atoms with Crippen molar-refractivity contribution in [3.63, 3.8) is 0 Å². The van der Waals surface area contributed by atoms with Crippen molar-refractivity contribution in [3.05, 3.63) is 29.8 Å². The van der Waals surface area contributed by atoms with Gasteiger partial charge in [0.15, 0.2) is 0 Å². The van der Waals surface area contributed by atoms with Crippen molar-refractivity contribution >= 4 is 15.9 Å². The predicted octanol–water partition coefficient (Wildman–Crippen LogP) is 7.05. The number of hydrogen-bond acceptors (Lipinski definition) is 5. The zero-order valence-corrected chi connectivity index (χ0v) is 24.4. The van der Waals surface area contributed by atoms with Crippen molar-refractivity contribution in [2.24, 2.45) is 0 Å². The van der Waals surface area contributed by atoms with E-state index < -0.39 is 125 Å². The van der Waals surface area contributed by atoms with Crippen LogP contribution >= 0.6 is 0 Å². The predicted molar refractivity (Wildman–Crippen MR) is 123 cm³/mol. The number of nitrogens with one attached hydrogen (secondary N) is 2. The zero-order chi connectivity index (χ0) is 39.4. The average Bonchev–Trinajstić information content (AvgIpc) is 3.43. The molecule has 1 aromatic rings. The van der Waals surface area contributed by atoms with Crippen molar-refractivity contribution in [3.8, 4) is 0 Å². The number of carbonyl (C=O) groups is 1. The molecule has 2 N–H and O–H groups in total. The first-order valence-corrected chi connectivity index (χ1v) is 14.3. The van der Waals surface area contributed by atoms with E-state index in [-0.39, 0.29) is 0 Å². The lowest BCUT2D eigenvalue weighted by atomic mass is 9.88. The summed E-state index contributed by atoms with van der Waals surface area (Å²) in [7, 11) is -4.77. The van der Waals surface area contributed by atoms with Crippen LogP contribution in [-0.4, -0.2) is 87.3 Å². The van der Waals surface area contributed by atoms with Gasteiger partial charge in [0.25, 0.3) is 15.9 Å². The lowest BCUT2D eigenvalue weighted by Gasteiger charge is -2.42. The summed E-state index contributed by atoms with van der Waals surface area (Å²) in [5.74, 6) is -58.5. The maximum Gasteiger partial charge on any atom is 0.460 e. The molecular formula is C23H18F20N2O4S. The molecule has 0 radical (unpaired) electrons. The van der Waals surface area contributed by atoms with Crippen LogP contribution < -0.4 is 10.0 Å². The summed E-state index contributed by atoms with van der Waals surface area (Å²) in [4.78, 5) is 11.5. The molecule has 1 aromatic carbocycles. The Kier molecular flexibility index (Phi) is 11.5. The first-order valence-electron chi connectivity index (χ1n) is 12.8. The van der Waals surface area contributed by atoms with Gasteiger partial charge in [-0.3, -0.25) is 4.79 Å². The fourth-order valence-electron chi connectivity index (χ4n) is 4.01. The van der Waals surface area contributed by atoms with Crippen LogP contribution in [0.15, 0.2) is 29.2 Å². The molecule has 1 amide bonds. The number of hydrogen-bond donors (Lipinski definition) is 2. The average molecular weight is 798 g/mol. The van der Waals surface area contributed by atoms with Crippen LogP contribution in [0.5, 0.6) is 0 Å². The summed E-state index contributed by atoms with van der Waals surface area (Å²) < 4.78 is 296. The molecule has 290 valence electrons. The zero-order valence-electron chi connectivity index (χ0n) is 23.6. The van der Waals surface area contributed by atoms with Crippen LogP contribution in [-0.2, 0) is 25.7 Å². The second kappa shape index (κ2) is 13.3. The van der Waals surface area contributed by atoms with Crippen molar-refractivity contribution in [1.82, 2.24) is 10.0 Å². The summed E-state index contributed by atoms with van der Waals surface area (Å²) in [5, 5.41) is 2.32. The van der Waals surface area contributed by atoms with E-state index in [1.165, 1.54) is 4.72 Å². The summed E-state index contributed by atoms with van der Waals surface area (Å²) in [6.45, 7) is -1.69. The molecular weight excluding hydrogens is 780 g/mol. The third kappa shape index (κ3) is 7.53. The van der Waals surface area contributed by atoms with E-state index in [0.717, 1.165) is 0 Å². The van der Waals surface area contributed by atoms with E-state index in [9.17, 15) is 101 Å². The molecule has 2 rings (SSSR count). The molecule has 1 aliphatic rings. The highest BCUT2D eigenvalue weighted by Gasteiger charge is 2.95. The third-order valence-corrected chi connectivity index (χ3v) is 8.27. The summed E-state index contributed by atoms with van der Waals surface area (Å²) in [5.41, 5.74) is -1.24. The Morgan fingerprint density at radius 2 is 1.14 bits per heavy atom. The highest BCUT2D eigenvalue weighted by atomic mass is 32.2. The minimum Gasteiger partial charge on any atom is -0.377 e. The lowest BCUT2D eigenvalue weighted by molar-refractivity contribution is -0.461. The van der Waals surface area contributed by atoms with Gasteiger partial charge in [-0.25, -0.2) is 13.1 Å². The van der Waals surface area contributed by atoms with E-state index in [0.29, 0.717) is 24.3 Å². The highest BCUT2D eigenvalue weighted by molar-refractivity contribution is 7.90. The Bertz CT molecular complexity index is 1480. The van der Waals surface area contributed by atoms with Gasteiger partial charge in [0, 0.05) is 19.6 Å². The Morgan fingerprint density at radius 1 is 0.700 bits per heavy atom. The maximum absolute atomic E-state index is 14.0. The molecule has 1 heterocycles. The van der Waals surface area contributed by atoms with Gasteiger partial charge in [-0.15, -0.1) is 0 Å². The number of carbonyl (C=O) groups excluding carboxylic acids is 1.